The molecule has 2 atom stereocenters. The smallest absolute Gasteiger partial charge is 0.318 e. The minimum absolute atomic E-state index is 0.0308. The topological polar surface area (TPSA) is 91.3 Å². The molecule has 3 aromatic rings. The third kappa shape index (κ3) is 6.08. The lowest BCUT2D eigenvalue weighted by Crippen LogP contribution is -2.54. The van der Waals surface area contributed by atoms with Gasteiger partial charge < -0.3 is 24.4 Å². The molecule has 0 bridgehead atoms. The number of amides is 1. The molecule has 1 aliphatic carbocycles. The standard InChI is InChI=1S/C33H41N5O4/c1-3-31(40)37-12-13-38(23(2)22-37)32-28-10-9-25(29-21-26(39)19-24-7-4-5-8-27(24)29)20-30(28)34-33(35-32)42-16-6-11-36-14-17-41-18-15-36/h3-5,7-8,19,21,23,25,39H,1,6,9-18,20,22H2,2H3. The highest BCUT2D eigenvalue weighted by atomic mass is 16.5. The van der Waals surface area contributed by atoms with Crippen molar-refractivity contribution < 1.29 is 19.4 Å². The Hall–Kier alpha value is -3.69. The Bertz CT molecular complexity index is 1440. The van der Waals surface area contributed by atoms with Gasteiger partial charge in [0.1, 0.15) is 11.6 Å². The minimum Gasteiger partial charge on any atom is -0.508 e. The number of aromatic nitrogens is 2. The van der Waals surface area contributed by atoms with Gasteiger partial charge in [-0.3, -0.25) is 9.69 Å². The second kappa shape index (κ2) is 12.7. The van der Waals surface area contributed by atoms with Crippen LogP contribution in [0.1, 0.15) is 42.5 Å². The summed E-state index contributed by atoms with van der Waals surface area (Å²) in [6.07, 6.45) is 4.83. The normalized spacial score (nSPS) is 21.3. The largest absolute Gasteiger partial charge is 0.508 e. The molecule has 0 spiro atoms. The third-order valence-corrected chi connectivity index (χ3v) is 8.89. The van der Waals surface area contributed by atoms with Crippen molar-refractivity contribution in [2.75, 3.05) is 64.0 Å². The number of hydrogen-bond donors (Lipinski definition) is 1. The molecule has 0 saturated carbocycles. The molecule has 1 N–H and O–H groups in total. The van der Waals surface area contributed by atoms with E-state index in [0.717, 1.165) is 81.0 Å². The highest BCUT2D eigenvalue weighted by Gasteiger charge is 2.33. The van der Waals surface area contributed by atoms with Gasteiger partial charge in [0.25, 0.3) is 0 Å². The Balaban J connectivity index is 1.27. The van der Waals surface area contributed by atoms with Crippen LogP contribution >= 0.6 is 0 Å². The van der Waals surface area contributed by atoms with Crippen LogP contribution in [-0.2, 0) is 22.4 Å². The maximum atomic E-state index is 12.3. The first kappa shape index (κ1) is 28.4. The van der Waals surface area contributed by atoms with E-state index in [9.17, 15) is 9.90 Å². The number of morpholine rings is 1. The third-order valence-electron chi connectivity index (χ3n) is 8.89. The predicted molar refractivity (Wildman–Crippen MR) is 163 cm³/mol. The molecular formula is C33H41N5O4. The van der Waals surface area contributed by atoms with Crippen LogP contribution in [0.25, 0.3) is 10.8 Å². The van der Waals surface area contributed by atoms with E-state index >= 15 is 0 Å². The van der Waals surface area contributed by atoms with Crippen LogP contribution in [0, 0.1) is 0 Å². The molecule has 2 aromatic carbocycles. The quantitative estimate of drug-likeness (QED) is 0.321. The maximum Gasteiger partial charge on any atom is 0.318 e. The minimum atomic E-state index is -0.0308. The fraction of sp³-hybridized carbons (Fsp3) is 0.485. The molecule has 1 amide bonds. The summed E-state index contributed by atoms with van der Waals surface area (Å²) in [6.45, 7) is 12.8. The SMILES string of the molecule is C=CC(=O)N1CCN(c2nc(OCCCN3CCOCC3)nc3c2CCC(c2cc(O)cc4ccccc24)C3)C(C)C1. The van der Waals surface area contributed by atoms with Crippen LogP contribution in [0.3, 0.4) is 0 Å². The number of phenols is 1. The van der Waals surface area contributed by atoms with Crippen LogP contribution < -0.4 is 9.64 Å². The van der Waals surface area contributed by atoms with E-state index in [0.29, 0.717) is 38.0 Å². The number of rotatable bonds is 8. The van der Waals surface area contributed by atoms with Crippen molar-refractivity contribution in [2.45, 2.75) is 44.6 Å². The van der Waals surface area contributed by atoms with Crippen molar-refractivity contribution in [3.63, 3.8) is 0 Å². The van der Waals surface area contributed by atoms with Gasteiger partial charge in [-0.1, -0.05) is 30.8 Å². The zero-order chi connectivity index (χ0) is 29.1. The van der Waals surface area contributed by atoms with Gasteiger partial charge in [-0.2, -0.15) is 9.97 Å². The molecule has 222 valence electrons. The Kier molecular flexibility index (Phi) is 8.58. The van der Waals surface area contributed by atoms with E-state index < -0.39 is 0 Å². The van der Waals surface area contributed by atoms with E-state index in [4.69, 9.17) is 19.4 Å². The number of benzene rings is 2. The van der Waals surface area contributed by atoms with Gasteiger partial charge in [0.2, 0.25) is 5.91 Å². The molecule has 2 unspecified atom stereocenters. The highest BCUT2D eigenvalue weighted by Crippen LogP contribution is 2.40. The molecule has 6 rings (SSSR count). The number of phenolic OH excluding ortho intramolecular Hbond substituents is 1. The van der Waals surface area contributed by atoms with Crippen LogP contribution in [0.5, 0.6) is 11.8 Å². The summed E-state index contributed by atoms with van der Waals surface area (Å²) in [5.41, 5.74) is 3.35. The van der Waals surface area contributed by atoms with Crippen molar-refractivity contribution in [1.82, 2.24) is 19.8 Å². The second-order valence-electron chi connectivity index (χ2n) is 11.6. The first-order chi connectivity index (χ1) is 20.5. The Morgan fingerprint density at radius 1 is 1.17 bits per heavy atom. The summed E-state index contributed by atoms with van der Waals surface area (Å²) in [5.74, 6) is 1.42. The summed E-state index contributed by atoms with van der Waals surface area (Å²) in [5, 5.41) is 12.7. The maximum absolute atomic E-state index is 12.3. The number of carbonyl (C=O) groups excluding carboxylic acids is 1. The number of carbonyl (C=O) groups is 1. The van der Waals surface area contributed by atoms with Gasteiger partial charge in [0, 0.05) is 50.9 Å². The molecule has 9 nitrogen and oxygen atoms in total. The van der Waals surface area contributed by atoms with Crippen molar-refractivity contribution in [2.24, 2.45) is 0 Å². The average molecular weight is 572 g/mol. The lowest BCUT2D eigenvalue weighted by atomic mass is 9.80. The lowest BCUT2D eigenvalue weighted by Gasteiger charge is -2.41. The Morgan fingerprint density at radius 2 is 2.00 bits per heavy atom. The molecule has 2 fully saturated rings. The van der Waals surface area contributed by atoms with Gasteiger partial charge in [-0.05, 0) is 73.1 Å². The summed E-state index contributed by atoms with van der Waals surface area (Å²) in [7, 11) is 0. The Morgan fingerprint density at radius 3 is 2.81 bits per heavy atom. The number of hydrogen-bond acceptors (Lipinski definition) is 8. The number of fused-ring (bicyclic) bond motifs is 2. The van der Waals surface area contributed by atoms with Gasteiger partial charge >= 0.3 is 6.01 Å². The second-order valence-corrected chi connectivity index (χ2v) is 11.6. The first-order valence-electron chi connectivity index (χ1n) is 15.2. The molecule has 2 aliphatic heterocycles. The fourth-order valence-electron chi connectivity index (χ4n) is 6.68. The summed E-state index contributed by atoms with van der Waals surface area (Å²) in [4.78, 5) is 28.9. The van der Waals surface area contributed by atoms with E-state index in [1.54, 1.807) is 0 Å². The number of aromatic hydroxyl groups is 1. The van der Waals surface area contributed by atoms with Crippen LogP contribution in [0.2, 0.25) is 0 Å². The molecule has 2 saturated heterocycles. The predicted octanol–water partition coefficient (Wildman–Crippen LogP) is 3.93. The molecule has 3 heterocycles. The summed E-state index contributed by atoms with van der Waals surface area (Å²) in [6, 6.07) is 12.5. The highest BCUT2D eigenvalue weighted by molar-refractivity contribution is 5.88. The van der Waals surface area contributed by atoms with Gasteiger partial charge in [0.15, 0.2) is 0 Å². The van der Waals surface area contributed by atoms with E-state index in [1.165, 1.54) is 17.0 Å². The van der Waals surface area contributed by atoms with Crippen molar-refractivity contribution in [3.05, 3.63) is 65.9 Å². The molecule has 3 aliphatic rings. The van der Waals surface area contributed by atoms with Crippen molar-refractivity contribution in [1.29, 1.82) is 0 Å². The van der Waals surface area contributed by atoms with Gasteiger partial charge in [-0.25, -0.2) is 0 Å². The van der Waals surface area contributed by atoms with Gasteiger partial charge in [0.05, 0.1) is 25.5 Å². The van der Waals surface area contributed by atoms with Crippen LogP contribution in [0.4, 0.5) is 5.82 Å². The summed E-state index contributed by atoms with van der Waals surface area (Å²) < 4.78 is 11.7. The molecule has 1 aromatic heterocycles. The molecule has 42 heavy (non-hydrogen) atoms. The van der Waals surface area contributed by atoms with E-state index in [2.05, 4.69) is 41.5 Å². The van der Waals surface area contributed by atoms with Crippen LogP contribution in [0.15, 0.2) is 49.1 Å². The zero-order valence-corrected chi connectivity index (χ0v) is 24.5. The average Bonchev–Trinajstić information content (AvgIpc) is 3.02. The molecule has 9 heteroatoms. The van der Waals surface area contributed by atoms with Crippen molar-refractivity contribution in [3.8, 4) is 11.8 Å². The molecule has 0 radical (unpaired) electrons. The Labute approximate surface area is 247 Å². The van der Waals surface area contributed by atoms with E-state index in [1.807, 2.05) is 23.1 Å². The lowest BCUT2D eigenvalue weighted by molar-refractivity contribution is -0.126. The van der Waals surface area contributed by atoms with E-state index in [-0.39, 0.29) is 17.9 Å². The zero-order valence-electron chi connectivity index (χ0n) is 24.5. The fourth-order valence-corrected chi connectivity index (χ4v) is 6.68. The number of nitrogens with zero attached hydrogens (tertiary/aromatic N) is 5. The number of piperazine rings is 1. The molecular weight excluding hydrogens is 530 g/mol. The van der Waals surface area contributed by atoms with Crippen LogP contribution in [-0.4, -0.2) is 95.9 Å². The number of ether oxygens (including phenoxy) is 2. The monoisotopic (exact) mass is 571 g/mol. The summed E-state index contributed by atoms with van der Waals surface area (Å²) >= 11 is 0. The number of anilines is 1. The van der Waals surface area contributed by atoms with Crippen molar-refractivity contribution >= 4 is 22.5 Å². The van der Waals surface area contributed by atoms with Gasteiger partial charge in [-0.15, -0.1) is 0 Å². The first-order valence-corrected chi connectivity index (χ1v) is 15.2.